The number of hydrogen-bond acceptors (Lipinski definition) is 10. The van der Waals surface area contributed by atoms with Gasteiger partial charge < -0.3 is 29.7 Å². The van der Waals surface area contributed by atoms with E-state index in [4.69, 9.17) is 14.2 Å². The Morgan fingerprint density at radius 2 is 1.55 bits per heavy atom. The largest absolute Gasteiger partial charge is 0.497 e. The van der Waals surface area contributed by atoms with Gasteiger partial charge in [-0.2, -0.15) is 0 Å². The number of methoxy groups -OCH3 is 1. The normalized spacial score (nSPS) is 25.9. The number of carbonyl (C=O) groups excluding carboxylic acids is 5. The highest BCUT2D eigenvalue weighted by Gasteiger charge is 2.62. The maximum atomic E-state index is 14.4. The highest BCUT2D eigenvalue weighted by atomic mass is 32.2. The average molecular weight is 782 g/mol. The van der Waals surface area contributed by atoms with E-state index in [0.717, 1.165) is 36.8 Å². The lowest BCUT2D eigenvalue weighted by Crippen LogP contribution is -2.58. The van der Waals surface area contributed by atoms with E-state index < -0.39 is 69.3 Å². The van der Waals surface area contributed by atoms with Crippen LogP contribution in [0.4, 0.5) is 9.59 Å². The van der Waals surface area contributed by atoms with Gasteiger partial charge in [0, 0.05) is 19.5 Å². The third-order valence-electron chi connectivity index (χ3n) is 10.7. The molecule has 4 aliphatic rings. The molecule has 55 heavy (non-hydrogen) atoms. The number of nitrogens with one attached hydrogen (secondary N) is 3. The number of rotatable bonds is 6. The number of ether oxygens (including phenoxy) is 3. The van der Waals surface area contributed by atoms with Gasteiger partial charge in [0.25, 0.3) is 15.9 Å². The van der Waals surface area contributed by atoms with Crippen molar-refractivity contribution in [2.75, 3.05) is 13.7 Å². The fourth-order valence-corrected chi connectivity index (χ4v) is 8.77. The second kappa shape index (κ2) is 16.1. The smallest absolute Gasteiger partial charge is 0.410 e. The molecule has 0 spiro atoms. The van der Waals surface area contributed by atoms with Crippen LogP contribution in [0.5, 0.6) is 5.75 Å². The molecule has 3 heterocycles. The van der Waals surface area contributed by atoms with Crippen LogP contribution < -0.4 is 20.1 Å². The molecule has 2 aromatic rings. The number of benzene rings is 2. The summed E-state index contributed by atoms with van der Waals surface area (Å²) in [6.07, 6.45) is 2.53. The molecule has 3 N–H and O–H groups in total. The number of amides is 5. The van der Waals surface area contributed by atoms with E-state index >= 15 is 0 Å². The maximum Gasteiger partial charge on any atom is 0.410 e. The number of nitrogens with zero attached hydrogens (tertiary/aromatic N) is 2. The van der Waals surface area contributed by atoms with Crippen LogP contribution in [0.3, 0.4) is 0 Å². The van der Waals surface area contributed by atoms with Crippen molar-refractivity contribution in [2.24, 2.45) is 5.92 Å². The molecule has 3 fully saturated rings. The minimum Gasteiger partial charge on any atom is -0.497 e. The Morgan fingerprint density at radius 1 is 0.909 bits per heavy atom. The second-order valence-electron chi connectivity index (χ2n) is 15.9. The van der Waals surface area contributed by atoms with E-state index in [2.05, 4.69) is 15.4 Å². The SMILES string of the molecule is COc1ccc(S(=O)(=O)NC(=O)[C@@]23C[C@H]2CCCCCCC[C@H](NC(=O)OC(C)(C)C)C(=O)N2C[C@H](OC(=O)N4Cc5ccccc5C4)C[C@H]2C(=O)N3)cc1. The van der Waals surface area contributed by atoms with Crippen molar-refractivity contribution < 1.29 is 46.6 Å². The molecule has 3 aliphatic heterocycles. The van der Waals surface area contributed by atoms with Crippen LogP contribution >= 0.6 is 0 Å². The van der Waals surface area contributed by atoms with Crippen LogP contribution in [0.1, 0.15) is 89.7 Å². The first kappa shape index (κ1) is 39.8. The Morgan fingerprint density at radius 3 is 2.18 bits per heavy atom. The summed E-state index contributed by atoms with van der Waals surface area (Å²) in [5.41, 5.74) is -0.370. The Balaban J connectivity index is 1.25. The van der Waals surface area contributed by atoms with Gasteiger partial charge in [0.05, 0.1) is 18.6 Å². The first-order valence-corrected chi connectivity index (χ1v) is 20.4. The molecular weight excluding hydrogens is 731 g/mol. The van der Waals surface area contributed by atoms with Crippen molar-refractivity contribution in [3.05, 3.63) is 59.7 Å². The summed E-state index contributed by atoms with van der Waals surface area (Å²) >= 11 is 0. The molecule has 5 atom stereocenters. The fraction of sp³-hybridized carbons (Fsp3) is 0.564. The predicted octanol–water partition coefficient (Wildman–Crippen LogP) is 4.13. The van der Waals surface area contributed by atoms with Gasteiger partial charge in [0.2, 0.25) is 11.8 Å². The summed E-state index contributed by atoms with van der Waals surface area (Å²) in [5.74, 6) is -2.02. The zero-order valence-corrected chi connectivity index (χ0v) is 32.6. The summed E-state index contributed by atoms with van der Waals surface area (Å²) in [5, 5.41) is 5.56. The van der Waals surface area contributed by atoms with Gasteiger partial charge in [-0.25, -0.2) is 22.7 Å². The molecule has 5 amide bonds. The first-order valence-electron chi connectivity index (χ1n) is 18.9. The summed E-state index contributed by atoms with van der Waals surface area (Å²) in [7, 11) is -2.87. The van der Waals surface area contributed by atoms with Crippen LogP contribution in [0, 0.1) is 5.92 Å². The zero-order valence-electron chi connectivity index (χ0n) is 31.8. The van der Waals surface area contributed by atoms with Crippen LogP contribution in [0.15, 0.2) is 53.4 Å². The van der Waals surface area contributed by atoms with Gasteiger partial charge in [0.1, 0.15) is 35.1 Å². The number of sulfonamides is 1. The monoisotopic (exact) mass is 781 g/mol. The topological polar surface area (TPSA) is 190 Å². The van der Waals surface area contributed by atoms with Gasteiger partial charge in [-0.05, 0) is 81.3 Å². The van der Waals surface area contributed by atoms with E-state index in [0.29, 0.717) is 31.7 Å². The Hall–Kier alpha value is -4.86. The molecule has 2 aromatic carbocycles. The maximum absolute atomic E-state index is 14.4. The molecule has 0 radical (unpaired) electrons. The second-order valence-corrected chi connectivity index (χ2v) is 17.6. The van der Waals surface area contributed by atoms with E-state index in [1.165, 1.54) is 36.3 Å². The highest BCUT2D eigenvalue weighted by molar-refractivity contribution is 7.90. The van der Waals surface area contributed by atoms with Crippen LogP contribution in [0.2, 0.25) is 0 Å². The van der Waals surface area contributed by atoms with Crippen molar-refractivity contribution in [2.45, 2.75) is 126 Å². The van der Waals surface area contributed by atoms with Crippen molar-refractivity contribution in [3.8, 4) is 5.75 Å². The molecule has 15 nitrogen and oxygen atoms in total. The molecule has 16 heteroatoms. The summed E-state index contributed by atoms with van der Waals surface area (Å²) in [4.78, 5) is 71.8. The number of fused-ring (bicyclic) bond motifs is 3. The minimum atomic E-state index is -4.32. The van der Waals surface area contributed by atoms with Gasteiger partial charge in [0.15, 0.2) is 0 Å². The van der Waals surface area contributed by atoms with Crippen molar-refractivity contribution >= 4 is 39.9 Å². The molecule has 298 valence electrons. The molecule has 2 saturated heterocycles. The van der Waals surface area contributed by atoms with Crippen molar-refractivity contribution in [3.63, 3.8) is 0 Å². The summed E-state index contributed by atoms with van der Waals surface area (Å²) in [6, 6.07) is 11.0. The van der Waals surface area contributed by atoms with Crippen LogP contribution in [-0.4, -0.2) is 91.1 Å². The Kier molecular flexibility index (Phi) is 11.6. The lowest BCUT2D eigenvalue weighted by Gasteiger charge is -2.30. The zero-order chi connectivity index (χ0) is 39.5. The van der Waals surface area contributed by atoms with Crippen LogP contribution in [0.25, 0.3) is 0 Å². The van der Waals surface area contributed by atoms with E-state index in [9.17, 15) is 32.4 Å². The van der Waals surface area contributed by atoms with E-state index in [1.54, 1.807) is 25.7 Å². The highest BCUT2D eigenvalue weighted by Crippen LogP contribution is 2.48. The molecule has 0 bridgehead atoms. The van der Waals surface area contributed by atoms with Crippen molar-refractivity contribution in [1.29, 1.82) is 0 Å². The first-order chi connectivity index (χ1) is 26.1. The standard InChI is InChI=1S/C39H51N5O10S/c1-38(2,3)54-36(48)40-31-15-9-7-5-6-8-14-27-21-39(27,35(47)42-55(50,51)30-18-16-28(52-4)17-19-30)41-33(45)32-20-29(24-44(32)34(31)46)53-37(49)43-22-25-12-10-11-13-26(25)23-43/h10-13,16-19,27,29,31-32H,5-9,14-15,20-24H2,1-4H3,(H,40,48)(H,41,45)(H,42,47)/t27-,29-,31+,32+,39-/m1/s1. The predicted molar refractivity (Wildman–Crippen MR) is 199 cm³/mol. The van der Waals surface area contributed by atoms with Gasteiger partial charge >= 0.3 is 12.2 Å². The van der Waals surface area contributed by atoms with Gasteiger partial charge in [-0.15, -0.1) is 0 Å². The number of carbonyl (C=O) groups is 5. The van der Waals surface area contributed by atoms with E-state index in [1.807, 2.05) is 24.3 Å². The Labute approximate surface area is 321 Å². The Bertz CT molecular complexity index is 1870. The lowest BCUT2D eigenvalue weighted by atomic mass is 10.0. The summed E-state index contributed by atoms with van der Waals surface area (Å²) in [6.45, 7) is 5.71. The number of alkyl carbamates (subject to hydrolysis) is 1. The lowest BCUT2D eigenvalue weighted by molar-refractivity contribution is -0.141. The quantitative estimate of drug-likeness (QED) is 0.384. The molecular formula is C39H51N5O10S. The summed E-state index contributed by atoms with van der Waals surface area (Å²) < 4.78 is 45.4. The molecule has 1 aliphatic carbocycles. The molecule has 1 saturated carbocycles. The number of hydrogen-bond donors (Lipinski definition) is 3. The minimum absolute atomic E-state index is 0.0736. The van der Waals surface area contributed by atoms with Crippen LogP contribution in [-0.2, 0) is 47.0 Å². The molecule has 6 rings (SSSR count). The molecule has 0 unspecified atom stereocenters. The van der Waals surface area contributed by atoms with Gasteiger partial charge in [-0.3, -0.25) is 19.3 Å². The molecule has 0 aromatic heterocycles. The van der Waals surface area contributed by atoms with Gasteiger partial charge in [-0.1, -0.05) is 56.4 Å². The third-order valence-corrected chi connectivity index (χ3v) is 12.0. The third kappa shape index (κ3) is 9.34. The average Bonchev–Trinajstić information content (AvgIpc) is 3.42. The fourth-order valence-electron chi connectivity index (χ4n) is 7.73. The van der Waals surface area contributed by atoms with E-state index in [-0.39, 0.29) is 36.6 Å². The van der Waals surface area contributed by atoms with Crippen molar-refractivity contribution in [1.82, 2.24) is 25.2 Å².